The van der Waals surface area contributed by atoms with Crippen LogP contribution < -0.4 is 11.3 Å². The van der Waals surface area contributed by atoms with Crippen molar-refractivity contribution in [3.63, 3.8) is 0 Å². The maximum absolute atomic E-state index is 13.3. The Balaban J connectivity index is 2.38. The van der Waals surface area contributed by atoms with E-state index in [-0.39, 0.29) is 11.5 Å². The number of primary amides is 1. The van der Waals surface area contributed by atoms with Crippen molar-refractivity contribution in [1.82, 2.24) is 9.55 Å². The predicted octanol–water partition coefficient (Wildman–Crippen LogP) is 3.68. The van der Waals surface area contributed by atoms with Crippen molar-refractivity contribution < 1.29 is 4.79 Å². The Bertz CT molecular complexity index is 973. The van der Waals surface area contributed by atoms with Crippen molar-refractivity contribution in [1.29, 1.82) is 0 Å². The number of benzene rings is 1. The minimum absolute atomic E-state index is 0.00720. The normalized spacial score (nSPS) is 12.6. The molecule has 1 aromatic carbocycles. The van der Waals surface area contributed by atoms with Gasteiger partial charge in [-0.1, -0.05) is 51.1 Å². The van der Waals surface area contributed by atoms with Crippen LogP contribution in [0.5, 0.6) is 0 Å². The molecular weight excluding hydrogens is 334 g/mol. The van der Waals surface area contributed by atoms with Crippen molar-refractivity contribution in [3.05, 3.63) is 51.9 Å². The molecule has 2 N–H and O–H groups in total. The molecule has 0 saturated heterocycles. The molecule has 1 unspecified atom stereocenters. The molecule has 3 aromatic rings. The number of nitrogens with zero attached hydrogens (tertiary/aromatic N) is 2. The summed E-state index contributed by atoms with van der Waals surface area (Å²) in [5.74, 6) is 0.0986. The summed E-state index contributed by atoms with van der Waals surface area (Å²) in [6.07, 6.45) is 0.451. The van der Waals surface area contributed by atoms with Crippen molar-refractivity contribution in [2.75, 3.05) is 0 Å². The van der Waals surface area contributed by atoms with Crippen LogP contribution in [0.1, 0.15) is 45.0 Å². The molecule has 0 aliphatic carbocycles. The van der Waals surface area contributed by atoms with E-state index in [0.717, 1.165) is 11.1 Å². The fourth-order valence-corrected chi connectivity index (χ4v) is 4.01. The molecule has 0 bridgehead atoms. The summed E-state index contributed by atoms with van der Waals surface area (Å²) < 4.78 is 1.49. The maximum Gasteiger partial charge on any atom is 0.263 e. The average Bonchev–Trinajstić information content (AvgIpc) is 3.02. The molecule has 0 spiro atoms. The lowest BCUT2D eigenvalue weighted by molar-refractivity contribution is -0.121. The SMILES string of the molecule is CCC(C(N)=O)n1c(C(C)C)nc2scc(-c3ccccc3)c2c1=O. The lowest BCUT2D eigenvalue weighted by atomic mass is 10.1. The van der Waals surface area contributed by atoms with Crippen LogP contribution in [0.25, 0.3) is 21.3 Å². The van der Waals surface area contributed by atoms with Gasteiger partial charge in [0.05, 0.1) is 5.39 Å². The molecule has 6 heteroatoms. The number of amides is 1. The molecule has 1 atom stereocenters. The van der Waals surface area contributed by atoms with Crippen molar-refractivity contribution in [3.8, 4) is 11.1 Å². The number of nitrogens with two attached hydrogens (primary N) is 1. The summed E-state index contributed by atoms with van der Waals surface area (Å²) in [4.78, 5) is 30.7. The molecule has 0 saturated carbocycles. The number of rotatable bonds is 5. The van der Waals surface area contributed by atoms with Crippen LogP contribution in [0.15, 0.2) is 40.5 Å². The Morgan fingerprint density at radius 1 is 1.28 bits per heavy atom. The number of fused-ring (bicyclic) bond motifs is 1. The third kappa shape index (κ3) is 2.98. The van der Waals surface area contributed by atoms with Gasteiger partial charge in [-0.3, -0.25) is 14.2 Å². The zero-order valence-corrected chi connectivity index (χ0v) is 15.3. The Morgan fingerprint density at radius 2 is 1.96 bits per heavy atom. The van der Waals surface area contributed by atoms with E-state index in [4.69, 9.17) is 10.7 Å². The van der Waals surface area contributed by atoms with Crippen molar-refractivity contribution in [2.45, 2.75) is 39.2 Å². The summed E-state index contributed by atoms with van der Waals surface area (Å²) in [5.41, 5.74) is 7.18. The first-order valence-electron chi connectivity index (χ1n) is 8.34. The lowest BCUT2D eigenvalue weighted by Gasteiger charge is -2.21. The van der Waals surface area contributed by atoms with Crippen molar-refractivity contribution >= 4 is 27.5 Å². The van der Waals surface area contributed by atoms with E-state index in [0.29, 0.717) is 22.5 Å². The molecule has 2 heterocycles. The van der Waals surface area contributed by atoms with Gasteiger partial charge in [0, 0.05) is 16.9 Å². The first-order valence-corrected chi connectivity index (χ1v) is 9.22. The molecule has 25 heavy (non-hydrogen) atoms. The molecule has 3 rings (SSSR count). The third-order valence-electron chi connectivity index (χ3n) is 4.30. The highest BCUT2D eigenvalue weighted by molar-refractivity contribution is 7.17. The van der Waals surface area contributed by atoms with E-state index in [1.165, 1.54) is 15.9 Å². The van der Waals surface area contributed by atoms with E-state index in [9.17, 15) is 9.59 Å². The van der Waals surface area contributed by atoms with Crippen LogP contribution in [0.4, 0.5) is 0 Å². The maximum atomic E-state index is 13.3. The zero-order valence-electron chi connectivity index (χ0n) is 14.5. The quantitative estimate of drug-likeness (QED) is 0.758. The fraction of sp³-hybridized carbons (Fsp3) is 0.316. The van der Waals surface area contributed by atoms with Gasteiger partial charge in [0.2, 0.25) is 5.91 Å². The van der Waals surface area contributed by atoms with Crippen LogP contribution in [0, 0.1) is 0 Å². The second-order valence-electron chi connectivity index (χ2n) is 6.32. The molecule has 5 nitrogen and oxygen atoms in total. The van der Waals surface area contributed by atoms with Crippen LogP contribution in [0.2, 0.25) is 0 Å². The number of carbonyl (C=O) groups is 1. The number of hydrogen-bond acceptors (Lipinski definition) is 4. The largest absolute Gasteiger partial charge is 0.368 e. The van der Waals surface area contributed by atoms with Gasteiger partial charge in [-0.2, -0.15) is 0 Å². The fourth-order valence-electron chi connectivity index (χ4n) is 3.07. The Hall–Kier alpha value is -2.47. The number of hydrogen-bond donors (Lipinski definition) is 1. The molecule has 0 fully saturated rings. The highest BCUT2D eigenvalue weighted by atomic mass is 32.1. The zero-order chi connectivity index (χ0) is 18.1. The van der Waals surface area contributed by atoms with E-state index in [2.05, 4.69) is 0 Å². The van der Waals surface area contributed by atoms with E-state index >= 15 is 0 Å². The Labute approximate surface area is 150 Å². The summed E-state index contributed by atoms with van der Waals surface area (Å²) in [7, 11) is 0. The first kappa shape index (κ1) is 17.4. The van der Waals surface area contributed by atoms with E-state index in [1.807, 2.05) is 56.5 Å². The van der Waals surface area contributed by atoms with Gasteiger partial charge in [-0.25, -0.2) is 4.98 Å². The van der Waals surface area contributed by atoms with Gasteiger partial charge in [0.1, 0.15) is 16.7 Å². The summed E-state index contributed by atoms with van der Waals surface area (Å²) in [6, 6.07) is 9.05. The van der Waals surface area contributed by atoms with Crippen LogP contribution in [0.3, 0.4) is 0 Å². The van der Waals surface area contributed by atoms with E-state index < -0.39 is 11.9 Å². The van der Waals surface area contributed by atoms with Crippen molar-refractivity contribution in [2.24, 2.45) is 5.73 Å². The van der Waals surface area contributed by atoms with Gasteiger partial charge < -0.3 is 5.73 Å². The smallest absolute Gasteiger partial charge is 0.263 e. The number of aromatic nitrogens is 2. The summed E-state index contributed by atoms with van der Waals surface area (Å²) in [6.45, 7) is 5.77. The molecule has 0 aliphatic rings. The minimum atomic E-state index is -0.690. The third-order valence-corrected chi connectivity index (χ3v) is 5.17. The summed E-state index contributed by atoms with van der Waals surface area (Å²) in [5, 5.41) is 2.51. The van der Waals surface area contributed by atoms with Gasteiger partial charge in [-0.05, 0) is 12.0 Å². The highest BCUT2D eigenvalue weighted by Gasteiger charge is 2.25. The molecular formula is C19H21N3O2S. The number of thiophene rings is 1. The average molecular weight is 355 g/mol. The molecule has 130 valence electrons. The molecule has 2 aromatic heterocycles. The van der Waals surface area contributed by atoms with Gasteiger partial charge in [-0.15, -0.1) is 11.3 Å². The topological polar surface area (TPSA) is 78.0 Å². The van der Waals surface area contributed by atoms with Crippen LogP contribution in [-0.4, -0.2) is 15.5 Å². The van der Waals surface area contributed by atoms with Crippen LogP contribution in [-0.2, 0) is 4.79 Å². The monoisotopic (exact) mass is 355 g/mol. The first-order chi connectivity index (χ1) is 12.0. The van der Waals surface area contributed by atoms with Gasteiger partial charge in [0.25, 0.3) is 5.56 Å². The Kier molecular flexibility index (Phi) is 4.72. The van der Waals surface area contributed by atoms with E-state index in [1.54, 1.807) is 0 Å². The second kappa shape index (κ2) is 6.80. The van der Waals surface area contributed by atoms with Gasteiger partial charge >= 0.3 is 0 Å². The second-order valence-corrected chi connectivity index (χ2v) is 7.18. The lowest BCUT2D eigenvalue weighted by Crippen LogP contribution is -2.36. The summed E-state index contributed by atoms with van der Waals surface area (Å²) >= 11 is 1.45. The standard InChI is InChI=1S/C19H21N3O2S/c1-4-14(16(20)23)22-17(11(2)3)21-18-15(19(22)24)13(10-25-18)12-8-6-5-7-9-12/h5-11,14H,4H2,1-3H3,(H2,20,23). The van der Waals surface area contributed by atoms with Gasteiger partial charge in [0.15, 0.2) is 0 Å². The number of carbonyl (C=O) groups excluding carboxylic acids is 1. The van der Waals surface area contributed by atoms with Crippen LogP contribution >= 0.6 is 11.3 Å². The predicted molar refractivity (Wildman–Crippen MR) is 102 cm³/mol. The highest BCUT2D eigenvalue weighted by Crippen LogP contribution is 2.32. The molecule has 0 aliphatic heterocycles. The molecule has 1 amide bonds. The Morgan fingerprint density at radius 3 is 2.52 bits per heavy atom. The molecule has 0 radical (unpaired) electrons. The minimum Gasteiger partial charge on any atom is -0.368 e.